The van der Waals surface area contributed by atoms with Crippen LogP contribution in [-0.4, -0.2) is 0 Å². The van der Waals surface area contributed by atoms with Gasteiger partial charge in [-0.2, -0.15) is 28.3 Å². The van der Waals surface area contributed by atoms with E-state index in [-0.39, 0.29) is 5.41 Å². The normalized spacial score (nSPS) is 11.8. The van der Waals surface area contributed by atoms with E-state index < -0.39 is 15.8 Å². The Morgan fingerprint density at radius 1 is 0.543 bits per heavy atom. The second kappa shape index (κ2) is 14.9. The summed E-state index contributed by atoms with van der Waals surface area (Å²) in [6.07, 6.45) is 8.56. The van der Waals surface area contributed by atoms with Gasteiger partial charge in [-0.15, -0.1) is 0 Å². The molecule has 2 heteroatoms. The van der Waals surface area contributed by atoms with Crippen LogP contribution in [0.2, 0.25) is 0 Å². The average Bonchev–Trinajstić information content (AvgIpc) is 3.54. The first-order valence-corrected chi connectivity index (χ1v) is 18.7. The van der Waals surface area contributed by atoms with Gasteiger partial charge in [0, 0.05) is 0 Å². The lowest BCUT2D eigenvalue weighted by atomic mass is 9.82. The number of hydrogen-bond donors (Lipinski definition) is 0. The van der Waals surface area contributed by atoms with E-state index in [1.165, 1.54) is 43.0 Å². The van der Waals surface area contributed by atoms with E-state index in [2.05, 4.69) is 190 Å². The van der Waals surface area contributed by atoms with Gasteiger partial charge in [0.1, 0.15) is 0 Å². The van der Waals surface area contributed by atoms with Gasteiger partial charge in [-0.25, -0.2) is 0 Å². The van der Waals surface area contributed by atoms with Crippen molar-refractivity contribution in [2.75, 3.05) is 0 Å². The minimum atomic E-state index is -0.762. The van der Waals surface area contributed by atoms with Crippen LogP contribution in [0.3, 0.4) is 0 Å². The van der Waals surface area contributed by atoms with E-state index in [0.29, 0.717) is 0 Å². The van der Waals surface area contributed by atoms with Gasteiger partial charge < -0.3 is 0 Å². The maximum absolute atomic E-state index is 3.87. The van der Waals surface area contributed by atoms with Crippen molar-refractivity contribution in [1.82, 2.24) is 0 Å². The van der Waals surface area contributed by atoms with Crippen molar-refractivity contribution >= 4 is 59.8 Å². The molecule has 6 aromatic carbocycles. The highest BCUT2D eigenvalue weighted by atomic mass is 31.1. The summed E-state index contributed by atoms with van der Waals surface area (Å²) in [5, 5.41) is 8.52. The molecule has 0 aromatic heterocycles. The third kappa shape index (κ3) is 7.43. The van der Waals surface area contributed by atoms with Gasteiger partial charge in [0.15, 0.2) is 0 Å². The number of benzene rings is 5. The van der Waals surface area contributed by atoms with Gasteiger partial charge in [0.05, 0.1) is 0 Å². The summed E-state index contributed by atoms with van der Waals surface area (Å²) in [6, 6.07) is 58.3. The van der Waals surface area contributed by atoms with E-state index in [1.807, 2.05) is 6.08 Å². The lowest BCUT2D eigenvalue weighted by Crippen LogP contribution is -2.32. The Morgan fingerprint density at radius 2 is 0.913 bits per heavy atom. The number of hydrogen-bond acceptors (Lipinski definition) is 0. The fourth-order valence-corrected chi connectivity index (χ4v) is 11.3. The minimum absolute atomic E-state index is 0.00674. The van der Waals surface area contributed by atoms with Crippen LogP contribution in [0.1, 0.15) is 43.4 Å². The van der Waals surface area contributed by atoms with Crippen molar-refractivity contribution in [1.29, 1.82) is 0 Å². The Labute approximate surface area is 278 Å². The summed E-state index contributed by atoms with van der Waals surface area (Å²) in [6.45, 7) is 8.71. The molecule has 0 saturated heterocycles. The lowest BCUT2D eigenvalue weighted by Gasteiger charge is -2.32. The first kappa shape index (κ1) is 31.8. The first-order valence-electron chi connectivity index (χ1n) is 16.0. The third-order valence-corrected chi connectivity index (χ3v) is 13.7. The van der Waals surface area contributed by atoms with Crippen LogP contribution in [0, 0.1) is 0 Å². The van der Waals surface area contributed by atoms with Gasteiger partial charge in [0.2, 0.25) is 0 Å². The smallest absolute Gasteiger partial charge is 0.0259 e. The highest BCUT2D eigenvalue weighted by molar-refractivity contribution is 7.85. The molecule has 0 aliphatic carbocycles. The van der Waals surface area contributed by atoms with Crippen molar-refractivity contribution in [2.24, 2.45) is 0 Å². The lowest BCUT2D eigenvalue weighted by molar-refractivity contribution is 0.486. The molecule has 0 bridgehead atoms. The van der Waals surface area contributed by atoms with Gasteiger partial charge in [-0.3, -0.25) is 0 Å². The highest BCUT2D eigenvalue weighted by Gasteiger charge is 2.24. The monoisotopic (exact) mass is 631 g/mol. The Bertz CT molecular complexity index is 1670. The number of rotatable bonds is 12. The van der Waals surface area contributed by atoms with Crippen LogP contribution in [0.25, 0.3) is 12.2 Å². The molecule has 46 heavy (non-hydrogen) atoms. The molecular weight excluding hydrogens is 590 g/mol. The second-order valence-electron chi connectivity index (χ2n) is 12.2. The molecule has 228 valence electrons. The largest absolute Gasteiger partial charge is 0.171 e. The first-order chi connectivity index (χ1) is 22.5. The van der Waals surface area contributed by atoms with E-state index >= 15 is 0 Å². The molecule has 0 amide bonds. The predicted octanol–water partition coefficient (Wildman–Crippen LogP) is 9.34. The molecule has 6 rings (SSSR count). The van der Waals surface area contributed by atoms with Crippen LogP contribution >= 0.6 is 15.8 Å². The molecule has 0 fully saturated rings. The van der Waals surface area contributed by atoms with Crippen molar-refractivity contribution in [2.45, 2.75) is 32.1 Å². The summed E-state index contributed by atoms with van der Waals surface area (Å²) in [4.78, 5) is 0. The average molecular weight is 632 g/mol. The molecule has 0 unspecified atom stereocenters. The zero-order valence-electron chi connectivity index (χ0n) is 26.8. The molecular formula is C44H41P2-. The van der Waals surface area contributed by atoms with Gasteiger partial charge in [0.25, 0.3) is 0 Å². The SMILES string of the molecule is C=Cc1ccc(C=CCCC(C)(C)[c-]2cc(P(c3ccccc3)c3ccccc3)c(P(c3ccccc3)c3ccccc3)c2)cc1. The molecule has 0 nitrogen and oxygen atoms in total. The third-order valence-electron chi connectivity index (χ3n) is 8.59. The van der Waals surface area contributed by atoms with Crippen LogP contribution < -0.4 is 31.8 Å². The topological polar surface area (TPSA) is 0 Å². The molecule has 0 N–H and O–H groups in total. The van der Waals surface area contributed by atoms with Crippen molar-refractivity contribution < 1.29 is 0 Å². The maximum Gasteiger partial charge on any atom is -0.0259 e. The van der Waals surface area contributed by atoms with Crippen molar-refractivity contribution in [3.05, 3.63) is 187 Å². The Balaban J connectivity index is 1.45. The summed E-state index contributed by atoms with van der Waals surface area (Å²) < 4.78 is 0. The fraction of sp³-hybridized carbons (Fsp3) is 0.114. The predicted molar refractivity (Wildman–Crippen MR) is 207 cm³/mol. The van der Waals surface area contributed by atoms with Gasteiger partial charge in [-0.1, -0.05) is 212 Å². The fourth-order valence-electron chi connectivity index (χ4n) is 5.95. The van der Waals surface area contributed by atoms with Gasteiger partial charge >= 0.3 is 0 Å². The van der Waals surface area contributed by atoms with Crippen LogP contribution in [-0.2, 0) is 5.41 Å². The summed E-state index contributed by atoms with van der Waals surface area (Å²) in [5.41, 5.74) is 3.82. The summed E-state index contributed by atoms with van der Waals surface area (Å²) in [5.74, 6) is 0. The molecule has 0 saturated carbocycles. The van der Waals surface area contributed by atoms with Crippen LogP contribution in [0.5, 0.6) is 0 Å². The molecule has 6 aromatic rings. The van der Waals surface area contributed by atoms with E-state index in [1.54, 1.807) is 0 Å². The van der Waals surface area contributed by atoms with Gasteiger partial charge in [-0.05, 0) is 38.8 Å². The zero-order chi connectivity index (χ0) is 31.8. The molecule has 0 atom stereocenters. The van der Waals surface area contributed by atoms with E-state index in [0.717, 1.165) is 18.4 Å². The molecule has 0 aliphatic heterocycles. The maximum atomic E-state index is 3.87. The highest BCUT2D eigenvalue weighted by Crippen LogP contribution is 2.42. The Hall–Kier alpha value is -4.21. The second-order valence-corrected chi connectivity index (χ2v) is 16.6. The van der Waals surface area contributed by atoms with Crippen molar-refractivity contribution in [3.63, 3.8) is 0 Å². The molecule has 0 aliphatic rings. The standard InChI is InChI=1S/C44H41P2/c1-4-35-28-30-36(31-29-35)19-17-18-32-44(2,3)37-33-42(45(38-20-9-5-10-21-38)39-22-11-6-12-23-39)43(34-37)46(40-24-13-7-14-25-40)41-26-15-8-16-27-41/h4-17,19-31,33-34H,1,18,32H2,2-3H3/q-1. The zero-order valence-corrected chi connectivity index (χ0v) is 28.5. The quantitative estimate of drug-likeness (QED) is 0.0933. The van der Waals surface area contributed by atoms with Crippen LogP contribution in [0.15, 0.2) is 170 Å². The Kier molecular flexibility index (Phi) is 10.3. The Morgan fingerprint density at radius 3 is 1.28 bits per heavy atom. The summed E-state index contributed by atoms with van der Waals surface area (Å²) in [7, 11) is -1.52. The minimum Gasteiger partial charge on any atom is -0.171 e. The van der Waals surface area contributed by atoms with Crippen LogP contribution in [0.4, 0.5) is 0 Å². The molecule has 0 heterocycles. The number of allylic oxidation sites excluding steroid dienone is 1. The van der Waals surface area contributed by atoms with E-state index in [4.69, 9.17) is 0 Å². The molecule has 0 spiro atoms. The molecule has 0 radical (unpaired) electrons. The van der Waals surface area contributed by atoms with Crippen molar-refractivity contribution in [3.8, 4) is 0 Å². The summed E-state index contributed by atoms with van der Waals surface area (Å²) >= 11 is 0. The van der Waals surface area contributed by atoms with E-state index in [9.17, 15) is 0 Å².